The second-order valence-corrected chi connectivity index (χ2v) is 2.37. The highest BCUT2D eigenvalue weighted by Gasteiger charge is 2.41. The number of aromatic amines is 1. The lowest BCUT2D eigenvalue weighted by atomic mass is 10.2. The molecular weight excluding hydrogens is 189 g/mol. The first kappa shape index (κ1) is 10.0. The van der Waals surface area contributed by atoms with Crippen molar-refractivity contribution in [1.82, 2.24) is 9.97 Å². The number of hydrogen-bond donors (Lipinski definition) is 3. The van der Waals surface area contributed by atoms with E-state index in [9.17, 15) is 13.2 Å². The topological polar surface area (TPSA) is 69.1 Å². The van der Waals surface area contributed by atoms with Gasteiger partial charge in [-0.1, -0.05) is 0 Å². The molecule has 0 saturated carbocycles. The van der Waals surface area contributed by atoms with Crippen molar-refractivity contribution in [2.24, 2.45) is 0 Å². The van der Waals surface area contributed by atoms with E-state index < -0.39 is 24.6 Å². The number of rotatable bonds is 2. The molecule has 1 atom stereocenters. The molecule has 0 spiro atoms. The van der Waals surface area contributed by atoms with Crippen molar-refractivity contribution in [3.05, 3.63) is 17.7 Å². The van der Waals surface area contributed by atoms with Gasteiger partial charge in [0.25, 0.3) is 0 Å². The summed E-state index contributed by atoms with van der Waals surface area (Å²) in [6.45, 7) is -0.623. The Balaban J connectivity index is 2.94. The second kappa shape index (κ2) is 3.35. The Kier molecular flexibility index (Phi) is 2.58. The normalized spacial score (nSPS) is 14.5. The zero-order valence-electron chi connectivity index (χ0n) is 6.34. The van der Waals surface area contributed by atoms with Crippen LogP contribution in [0.4, 0.5) is 13.2 Å². The van der Waals surface area contributed by atoms with Crippen LogP contribution in [-0.4, -0.2) is 26.4 Å². The number of aliphatic hydroxyl groups is 2. The molecule has 3 N–H and O–H groups in total. The van der Waals surface area contributed by atoms with E-state index in [2.05, 4.69) is 9.97 Å². The van der Waals surface area contributed by atoms with Crippen LogP contribution in [0, 0.1) is 0 Å². The predicted molar refractivity (Wildman–Crippen MR) is 35.5 cm³/mol. The third-order valence-corrected chi connectivity index (χ3v) is 1.48. The Hall–Kier alpha value is -1.08. The zero-order chi connectivity index (χ0) is 10.1. The molecular formula is C6H7F3N2O2. The molecule has 0 bridgehead atoms. The summed E-state index contributed by atoms with van der Waals surface area (Å²) in [6, 6.07) is 0. The lowest BCUT2D eigenvalue weighted by Crippen LogP contribution is -2.21. The smallest absolute Gasteiger partial charge is 0.390 e. The highest BCUT2D eigenvalue weighted by molar-refractivity contribution is 5.14. The fraction of sp³-hybridized carbons (Fsp3) is 0.500. The molecule has 0 fully saturated rings. The molecule has 4 nitrogen and oxygen atoms in total. The molecule has 0 radical (unpaired) electrons. The van der Waals surface area contributed by atoms with E-state index in [0.717, 1.165) is 6.33 Å². The van der Waals surface area contributed by atoms with Crippen LogP contribution in [0.25, 0.3) is 0 Å². The Morgan fingerprint density at radius 3 is 2.62 bits per heavy atom. The summed E-state index contributed by atoms with van der Waals surface area (Å²) in [5, 5.41) is 17.3. The van der Waals surface area contributed by atoms with Crippen LogP contribution >= 0.6 is 0 Å². The van der Waals surface area contributed by atoms with Gasteiger partial charge in [-0.3, -0.25) is 0 Å². The molecule has 13 heavy (non-hydrogen) atoms. The van der Waals surface area contributed by atoms with Gasteiger partial charge in [0.1, 0.15) is 5.69 Å². The van der Waals surface area contributed by atoms with Gasteiger partial charge in [-0.2, -0.15) is 13.2 Å². The first-order valence-electron chi connectivity index (χ1n) is 3.34. The van der Waals surface area contributed by atoms with Gasteiger partial charge < -0.3 is 15.2 Å². The number of H-pyrrole nitrogens is 1. The predicted octanol–water partition coefficient (Wildman–Crippen LogP) is 0.498. The molecule has 0 aliphatic carbocycles. The summed E-state index contributed by atoms with van der Waals surface area (Å²) in [7, 11) is 0. The fourth-order valence-corrected chi connectivity index (χ4v) is 0.849. The summed E-state index contributed by atoms with van der Waals surface area (Å²) >= 11 is 0. The number of aromatic nitrogens is 2. The first-order valence-corrected chi connectivity index (χ1v) is 3.34. The minimum atomic E-state index is -4.76. The molecule has 74 valence electrons. The van der Waals surface area contributed by atoms with Gasteiger partial charge in [0, 0.05) is 0 Å². The quantitative estimate of drug-likeness (QED) is 0.645. The van der Waals surface area contributed by atoms with E-state index in [1.807, 2.05) is 0 Å². The third-order valence-electron chi connectivity index (χ3n) is 1.48. The Labute approximate surface area is 71.0 Å². The number of alkyl halides is 3. The van der Waals surface area contributed by atoms with E-state index >= 15 is 0 Å². The van der Waals surface area contributed by atoms with Crippen LogP contribution in [0.5, 0.6) is 0 Å². The minimum Gasteiger partial charge on any atom is -0.390 e. The largest absolute Gasteiger partial charge is 0.420 e. The number of aliphatic hydroxyl groups excluding tert-OH is 2. The summed E-state index contributed by atoms with van der Waals surface area (Å²) in [5.41, 5.74) is -0.722. The van der Waals surface area contributed by atoms with Crippen LogP contribution < -0.4 is 0 Å². The second-order valence-electron chi connectivity index (χ2n) is 2.37. The van der Waals surface area contributed by atoms with Gasteiger partial charge in [-0.15, -0.1) is 0 Å². The van der Waals surface area contributed by atoms with E-state index in [1.165, 1.54) is 0 Å². The molecule has 0 aromatic carbocycles. The van der Waals surface area contributed by atoms with E-state index in [0.29, 0.717) is 0 Å². The molecule has 1 aromatic rings. The zero-order valence-corrected chi connectivity index (χ0v) is 6.34. The van der Waals surface area contributed by atoms with Crippen molar-refractivity contribution >= 4 is 0 Å². The number of nitrogens with zero attached hydrogens (tertiary/aromatic N) is 1. The monoisotopic (exact) mass is 196 g/mol. The highest BCUT2D eigenvalue weighted by atomic mass is 19.4. The Morgan fingerprint density at radius 2 is 2.15 bits per heavy atom. The van der Waals surface area contributed by atoms with Gasteiger partial charge in [0.2, 0.25) is 0 Å². The number of imidazole rings is 1. The van der Waals surface area contributed by atoms with Gasteiger partial charge in [-0.25, -0.2) is 4.98 Å². The summed E-state index contributed by atoms with van der Waals surface area (Å²) in [6.07, 6.45) is -6.43. The summed E-state index contributed by atoms with van der Waals surface area (Å²) < 4.78 is 35.8. The van der Waals surface area contributed by atoms with Gasteiger partial charge in [0.15, 0.2) is 6.10 Å². The molecule has 1 rings (SSSR count). The van der Waals surface area contributed by atoms with Gasteiger partial charge >= 0.3 is 6.18 Å². The molecule has 0 amide bonds. The molecule has 0 saturated heterocycles. The lowest BCUT2D eigenvalue weighted by Gasteiger charge is -2.12. The van der Waals surface area contributed by atoms with Crippen LogP contribution in [0.2, 0.25) is 0 Å². The molecule has 1 heterocycles. The molecule has 7 heteroatoms. The maximum absolute atomic E-state index is 11.9. The van der Waals surface area contributed by atoms with E-state index in [1.54, 1.807) is 0 Å². The van der Waals surface area contributed by atoms with E-state index in [-0.39, 0.29) is 5.69 Å². The highest BCUT2D eigenvalue weighted by Crippen LogP contribution is 2.32. The van der Waals surface area contributed by atoms with Crippen molar-refractivity contribution in [1.29, 1.82) is 0 Å². The molecule has 1 aromatic heterocycles. The van der Waals surface area contributed by atoms with Gasteiger partial charge in [-0.05, 0) is 0 Å². The van der Waals surface area contributed by atoms with Crippen molar-refractivity contribution in [2.75, 3.05) is 0 Å². The van der Waals surface area contributed by atoms with Crippen molar-refractivity contribution in [2.45, 2.75) is 18.9 Å². The maximum Gasteiger partial charge on any atom is 0.420 e. The van der Waals surface area contributed by atoms with E-state index in [4.69, 9.17) is 10.2 Å². The van der Waals surface area contributed by atoms with Crippen molar-refractivity contribution in [3.63, 3.8) is 0 Å². The average Bonchev–Trinajstić information content (AvgIpc) is 2.48. The lowest BCUT2D eigenvalue weighted by molar-refractivity contribution is -0.208. The maximum atomic E-state index is 11.9. The Bertz CT molecular complexity index is 284. The summed E-state index contributed by atoms with van der Waals surface area (Å²) in [5.74, 6) is 0. The number of hydrogen-bond acceptors (Lipinski definition) is 3. The van der Waals surface area contributed by atoms with Crippen LogP contribution in [0.15, 0.2) is 6.33 Å². The fourth-order valence-electron chi connectivity index (χ4n) is 0.849. The van der Waals surface area contributed by atoms with Gasteiger partial charge in [0.05, 0.1) is 18.6 Å². The number of nitrogens with one attached hydrogen (secondary N) is 1. The standard InChI is InChI=1S/C6H7F3N2O2/c7-6(8,9)5(13)4-3(1-12)10-2-11-4/h2,5,12-13H,1H2,(H,10,11). The van der Waals surface area contributed by atoms with Crippen molar-refractivity contribution in [3.8, 4) is 0 Å². The molecule has 1 unspecified atom stereocenters. The van der Waals surface area contributed by atoms with Crippen LogP contribution in [0.1, 0.15) is 17.5 Å². The first-order chi connectivity index (χ1) is 5.96. The van der Waals surface area contributed by atoms with Crippen molar-refractivity contribution < 1.29 is 23.4 Å². The minimum absolute atomic E-state index is 0.134. The Morgan fingerprint density at radius 1 is 1.54 bits per heavy atom. The molecule has 0 aliphatic rings. The summed E-state index contributed by atoms with van der Waals surface area (Å²) in [4.78, 5) is 5.56. The molecule has 0 aliphatic heterocycles. The van der Waals surface area contributed by atoms with Crippen LogP contribution in [0.3, 0.4) is 0 Å². The van der Waals surface area contributed by atoms with Crippen LogP contribution in [-0.2, 0) is 6.61 Å². The number of halogens is 3. The third kappa shape index (κ3) is 1.99. The average molecular weight is 196 g/mol. The SMILES string of the molecule is OCc1[nH]cnc1C(O)C(F)(F)F.